The number of carbonyl (C=O) groups is 2. The standard InChI is InChI=1S/C16H12BrNO2/c1-9-7-11(17)8-14(10(9)2)18-15(19)12-5-3-4-6-13(12)16(18)20/h3-8H,1-2H3. The normalized spacial score (nSPS) is 13.8. The van der Waals surface area contributed by atoms with Gasteiger partial charge in [-0.1, -0.05) is 28.1 Å². The van der Waals surface area contributed by atoms with Crippen LogP contribution in [0.2, 0.25) is 0 Å². The maximum atomic E-state index is 12.5. The molecule has 3 nitrogen and oxygen atoms in total. The Bertz CT molecular complexity index is 717. The molecule has 1 aliphatic rings. The van der Waals surface area contributed by atoms with Gasteiger partial charge in [0.25, 0.3) is 11.8 Å². The quantitative estimate of drug-likeness (QED) is 0.745. The monoisotopic (exact) mass is 329 g/mol. The first-order chi connectivity index (χ1) is 9.50. The van der Waals surface area contributed by atoms with Crippen molar-refractivity contribution in [2.24, 2.45) is 0 Å². The first-order valence-corrected chi connectivity index (χ1v) is 7.04. The molecule has 20 heavy (non-hydrogen) atoms. The van der Waals surface area contributed by atoms with Crippen LogP contribution >= 0.6 is 15.9 Å². The van der Waals surface area contributed by atoms with E-state index in [-0.39, 0.29) is 11.8 Å². The summed E-state index contributed by atoms with van der Waals surface area (Å²) in [6, 6.07) is 10.7. The van der Waals surface area contributed by atoms with Gasteiger partial charge in [0.05, 0.1) is 16.8 Å². The average molecular weight is 330 g/mol. The predicted molar refractivity (Wildman–Crippen MR) is 81.2 cm³/mol. The molecule has 0 unspecified atom stereocenters. The molecule has 2 aromatic rings. The Morgan fingerprint density at radius 1 is 0.950 bits per heavy atom. The molecular formula is C16H12BrNO2. The third-order valence-electron chi connectivity index (χ3n) is 3.64. The lowest BCUT2D eigenvalue weighted by Gasteiger charge is -2.18. The topological polar surface area (TPSA) is 37.4 Å². The van der Waals surface area contributed by atoms with Crippen LogP contribution < -0.4 is 4.90 Å². The number of imide groups is 1. The molecule has 2 aromatic carbocycles. The summed E-state index contributed by atoms with van der Waals surface area (Å²) < 4.78 is 0.854. The minimum absolute atomic E-state index is 0.258. The molecule has 1 aliphatic heterocycles. The van der Waals surface area contributed by atoms with Crippen LogP contribution in [0.15, 0.2) is 40.9 Å². The van der Waals surface area contributed by atoms with Crippen molar-refractivity contribution in [3.63, 3.8) is 0 Å². The number of hydrogen-bond donors (Lipinski definition) is 0. The lowest BCUT2D eigenvalue weighted by Crippen LogP contribution is -2.30. The van der Waals surface area contributed by atoms with E-state index in [1.165, 1.54) is 4.90 Å². The molecule has 0 aliphatic carbocycles. The van der Waals surface area contributed by atoms with Crippen LogP contribution in [-0.2, 0) is 0 Å². The van der Waals surface area contributed by atoms with Gasteiger partial charge in [0, 0.05) is 4.47 Å². The van der Waals surface area contributed by atoms with Crippen LogP contribution in [0.5, 0.6) is 0 Å². The molecule has 3 rings (SSSR count). The Labute approximate surface area is 125 Å². The van der Waals surface area contributed by atoms with E-state index in [2.05, 4.69) is 15.9 Å². The fourth-order valence-electron chi connectivity index (χ4n) is 2.44. The highest BCUT2D eigenvalue weighted by molar-refractivity contribution is 9.10. The van der Waals surface area contributed by atoms with Crippen LogP contribution in [0.4, 0.5) is 5.69 Å². The zero-order chi connectivity index (χ0) is 14.4. The minimum atomic E-state index is -0.258. The van der Waals surface area contributed by atoms with Crippen molar-refractivity contribution in [2.75, 3.05) is 4.90 Å². The van der Waals surface area contributed by atoms with Crippen molar-refractivity contribution in [3.05, 3.63) is 63.1 Å². The molecule has 0 N–H and O–H groups in total. The van der Waals surface area contributed by atoms with Crippen molar-refractivity contribution < 1.29 is 9.59 Å². The molecule has 2 amide bonds. The van der Waals surface area contributed by atoms with Gasteiger partial charge in [-0.15, -0.1) is 0 Å². The molecular weight excluding hydrogens is 318 g/mol. The zero-order valence-electron chi connectivity index (χ0n) is 11.1. The van der Waals surface area contributed by atoms with Gasteiger partial charge in [0.2, 0.25) is 0 Å². The lowest BCUT2D eigenvalue weighted by atomic mass is 10.1. The van der Waals surface area contributed by atoms with E-state index in [0.29, 0.717) is 16.8 Å². The minimum Gasteiger partial charge on any atom is -0.268 e. The molecule has 4 heteroatoms. The summed E-state index contributed by atoms with van der Waals surface area (Å²) in [6.07, 6.45) is 0. The molecule has 0 fully saturated rings. The van der Waals surface area contributed by atoms with Gasteiger partial charge in [-0.05, 0) is 49.2 Å². The van der Waals surface area contributed by atoms with E-state index in [0.717, 1.165) is 15.6 Å². The van der Waals surface area contributed by atoms with E-state index >= 15 is 0 Å². The molecule has 0 spiro atoms. The van der Waals surface area contributed by atoms with E-state index in [9.17, 15) is 9.59 Å². The number of nitrogens with zero attached hydrogens (tertiary/aromatic N) is 1. The fraction of sp³-hybridized carbons (Fsp3) is 0.125. The number of rotatable bonds is 1. The first-order valence-electron chi connectivity index (χ1n) is 6.25. The van der Waals surface area contributed by atoms with Gasteiger partial charge in [-0.3, -0.25) is 9.59 Å². The number of halogens is 1. The molecule has 0 radical (unpaired) electrons. The Morgan fingerprint density at radius 2 is 1.50 bits per heavy atom. The van der Waals surface area contributed by atoms with E-state index < -0.39 is 0 Å². The summed E-state index contributed by atoms with van der Waals surface area (Å²) in [4.78, 5) is 26.2. The van der Waals surface area contributed by atoms with Crippen LogP contribution in [0.1, 0.15) is 31.8 Å². The number of hydrogen-bond acceptors (Lipinski definition) is 2. The molecule has 1 heterocycles. The Morgan fingerprint density at radius 3 is 2.05 bits per heavy atom. The third kappa shape index (κ3) is 1.79. The summed E-state index contributed by atoms with van der Waals surface area (Å²) in [5, 5.41) is 0. The Balaban J connectivity index is 2.19. The largest absolute Gasteiger partial charge is 0.268 e. The highest BCUT2D eigenvalue weighted by atomic mass is 79.9. The second-order valence-electron chi connectivity index (χ2n) is 4.86. The third-order valence-corrected chi connectivity index (χ3v) is 4.10. The highest BCUT2D eigenvalue weighted by Gasteiger charge is 2.37. The molecule has 100 valence electrons. The predicted octanol–water partition coefficient (Wildman–Crippen LogP) is 3.87. The van der Waals surface area contributed by atoms with Crippen LogP contribution in [0, 0.1) is 13.8 Å². The Kier molecular flexibility index (Phi) is 2.98. The number of aryl methyl sites for hydroxylation is 1. The van der Waals surface area contributed by atoms with E-state index in [1.807, 2.05) is 26.0 Å². The van der Waals surface area contributed by atoms with Crippen molar-refractivity contribution in [1.29, 1.82) is 0 Å². The lowest BCUT2D eigenvalue weighted by molar-refractivity contribution is 0.0926. The van der Waals surface area contributed by atoms with Crippen molar-refractivity contribution >= 4 is 33.4 Å². The van der Waals surface area contributed by atoms with Gasteiger partial charge >= 0.3 is 0 Å². The van der Waals surface area contributed by atoms with Crippen molar-refractivity contribution in [1.82, 2.24) is 0 Å². The van der Waals surface area contributed by atoms with Crippen molar-refractivity contribution in [2.45, 2.75) is 13.8 Å². The summed E-state index contributed by atoms with van der Waals surface area (Å²) in [7, 11) is 0. The van der Waals surface area contributed by atoms with E-state index in [1.54, 1.807) is 24.3 Å². The summed E-state index contributed by atoms with van der Waals surface area (Å²) in [5.41, 5.74) is 3.54. The second kappa shape index (κ2) is 4.56. The van der Waals surface area contributed by atoms with Gasteiger partial charge in [-0.2, -0.15) is 0 Å². The SMILES string of the molecule is Cc1cc(Br)cc(N2C(=O)c3ccccc3C2=O)c1C. The smallest absolute Gasteiger partial charge is 0.266 e. The van der Waals surface area contributed by atoms with Crippen LogP contribution in [0.25, 0.3) is 0 Å². The van der Waals surface area contributed by atoms with Crippen LogP contribution in [0.3, 0.4) is 0 Å². The van der Waals surface area contributed by atoms with E-state index in [4.69, 9.17) is 0 Å². The first kappa shape index (κ1) is 13.1. The molecule has 0 aromatic heterocycles. The van der Waals surface area contributed by atoms with Crippen LogP contribution in [-0.4, -0.2) is 11.8 Å². The van der Waals surface area contributed by atoms with Gasteiger partial charge < -0.3 is 0 Å². The van der Waals surface area contributed by atoms with Gasteiger partial charge in [-0.25, -0.2) is 4.90 Å². The number of carbonyl (C=O) groups excluding carboxylic acids is 2. The number of benzene rings is 2. The summed E-state index contributed by atoms with van der Waals surface area (Å²) >= 11 is 3.42. The van der Waals surface area contributed by atoms with Crippen molar-refractivity contribution in [3.8, 4) is 0 Å². The maximum absolute atomic E-state index is 12.5. The molecule has 0 saturated carbocycles. The summed E-state index contributed by atoms with van der Waals surface area (Å²) in [5.74, 6) is -0.516. The second-order valence-corrected chi connectivity index (χ2v) is 5.77. The number of fused-ring (bicyclic) bond motifs is 1. The number of anilines is 1. The maximum Gasteiger partial charge on any atom is 0.266 e. The van der Waals surface area contributed by atoms with Gasteiger partial charge in [0.1, 0.15) is 0 Å². The zero-order valence-corrected chi connectivity index (χ0v) is 12.7. The molecule has 0 saturated heterocycles. The highest BCUT2D eigenvalue weighted by Crippen LogP contribution is 2.33. The van der Waals surface area contributed by atoms with Gasteiger partial charge in [0.15, 0.2) is 0 Å². The average Bonchev–Trinajstić information content (AvgIpc) is 2.67. The summed E-state index contributed by atoms with van der Waals surface area (Å²) in [6.45, 7) is 3.88. The number of amides is 2. The molecule has 0 bridgehead atoms. The molecule has 0 atom stereocenters. The Hall–Kier alpha value is -1.94. The fourth-order valence-corrected chi connectivity index (χ4v) is 3.00.